The maximum atomic E-state index is 11.1. The van der Waals surface area contributed by atoms with Gasteiger partial charge in [0.2, 0.25) is 0 Å². The van der Waals surface area contributed by atoms with Crippen LogP contribution >= 0.6 is 0 Å². The second-order valence-electron chi connectivity index (χ2n) is 6.16. The van der Waals surface area contributed by atoms with Crippen molar-refractivity contribution >= 4 is 39.4 Å². The highest BCUT2D eigenvalue weighted by molar-refractivity contribution is 6.01. The molecule has 0 unspecified atom stereocenters. The maximum Gasteiger partial charge on any atom is 0.308 e. The second kappa shape index (κ2) is 5.08. The number of carbonyl (C=O) groups excluding carboxylic acids is 1. The monoisotopic (exact) mass is 330 g/mol. The Morgan fingerprint density at radius 2 is 2.12 bits per heavy atom. The van der Waals surface area contributed by atoms with Gasteiger partial charge in [-0.3, -0.25) is 4.79 Å². The zero-order valence-corrected chi connectivity index (χ0v) is 13.5. The van der Waals surface area contributed by atoms with Crippen molar-refractivity contribution in [3.8, 4) is 5.75 Å². The van der Waals surface area contributed by atoms with E-state index in [1.54, 1.807) is 12.3 Å². The van der Waals surface area contributed by atoms with Gasteiger partial charge in [0.05, 0.1) is 22.8 Å². The Kier molecular flexibility index (Phi) is 2.85. The Labute approximate surface area is 143 Å². The van der Waals surface area contributed by atoms with Gasteiger partial charge in [0.25, 0.3) is 0 Å². The van der Waals surface area contributed by atoms with Gasteiger partial charge in [0.15, 0.2) is 0 Å². The van der Waals surface area contributed by atoms with Crippen LogP contribution in [0.2, 0.25) is 0 Å². The molecule has 25 heavy (non-hydrogen) atoms. The van der Waals surface area contributed by atoms with Crippen molar-refractivity contribution in [3.05, 3.63) is 60.1 Å². The second-order valence-corrected chi connectivity index (χ2v) is 6.16. The van der Waals surface area contributed by atoms with Crippen LogP contribution in [0, 0.1) is 0 Å². The third kappa shape index (κ3) is 2.24. The zero-order chi connectivity index (χ0) is 17.0. The molecule has 122 valence electrons. The molecule has 3 aromatic heterocycles. The number of pyridine rings is 2. The van der Waals surface area contributed by atoms with Crippen LogP contribution in [0.3, 0.4) is 0 Å². The number of ether oxygens (including phenoxy) is 2. The first kappa shape index (κ1) is 14.0. The van der Waals surface area contributed by atoms with Gasteiger partial charge in [-0.2, -0.15) is 0 Å². The molecule has 5 rings (SSSR count). The molecule has 0 atom stereocenters. The Hall–Kier alpha value is -3.34. The number of nitrogens with zero attached hydrogens (tertiary/aromatic N) is 2. The van der Waals surface area contributed by atoms with Gasteiger partial charge < -0.3 is 13.9 Å². The van der Waals surface area contributed by atoms with E-state index in [2.05, 4.69) is 28.9 Å². The minimum atomic E-state index is -0.330. The average molecular weight is 330 g/mol. The maximum absolute atomic E-state index is 11.1. The molecule has 0 fully saturated rings. The molecule has 4 aromatic rings. The number of rotatable bonds is 1. The number of hydrogen-bond acceptors (Lipinski definition) is 4. The standard InChI is InChI=1S/C20H14N2O3/c1-12(23)25-17-2-3-18-14(7-17)6-15-9-22-10-16-11-24-5-4-13(16)8-19(22)20(15)21-18/h2-10H,11H2,1H3. The first-order valence-corrected chi connectivity index (χ1v) is 8.02. The third-order valence-corrected chi connectivity index (χ3v) is 4.42. The normalized spacial score (nSPS) is 13.2. The molecule has 5 nitrogen and oxygen atoms in total. The Bertz CT molecular complexity index is 1200. The molecule has 0 amide bonds. The summed E-state index contributed by atoms with van der Waals surface area (Å²) < 4.78 is 12.6. The van der Waals surface area contributed by atoms with E-state index in [0.717, 1.165) is 38.4 Å². The highest BCUT2D eigenvalue weighted by Gasteiger charge is 2.12. The van der Waals surface area contributed by atoms with Crippen LogP contribution in [0.15, 0.2) is 49.0 Å². The van der Waals surface area contributed by atoms with Crippen molar-refractivity contribution in [1.29, 1.82) is 0 Å². The molecule has 0 radical (unpaired) electrons. The number of aromatic nitrogens is 2. The smallest absolute Gasteiger partial charge is 0.308 e. The van der Waals surface area contributed by atoms with Gasteiger partial charge in [-0.15, -0.1) is 0 Å². The molecule has 0 bridgehead atoms. The van der Waals surface area contributed by atoms with E-state index in [4.69, 9.17) is 14.5 Å². The first-order chi connectivity index (χ1) is 12.2. The molecular formula is C20H14N2O3. The van der Waals surface area contributed by atoms with Crippen LogP contribution in [0.5, 0.6) is 5.75 Å². The first-order valence-electron chi connectivity index (χ1n) is 8.02. The van der Waals surface area contributed by atoms with Crippen LogP contribution in [0.4, 0.5) is 0 Å². The van der Waals surface area contributed by atoms with Crippen molar-refractivity contribution in [2.75, 3.05) is 0 Å². The van der Waals surface area contributed by atoms with Gasteiger partial charge in [-0.25, -0.2) is 4.98 Å². The number of hydrogen-bond donors (Lipinski definition) is 0. The van der Waals surface area contributed by atoms with E-state index in [1.807, 2.05) is 18.2 Å². The SMILES string of the molecule is CC(=O)Oc1ccc2nc3c(cc2c1)cn1cc2c(cc31)C=COC2. The summed E-state index contributed by atoms with van der Waals surface area (Å²) in [6, 6.07) is 9.70. The molecule has 0 saturated heterocycles. The van der Waals surface area contributed by atoms with Gasteiger partial charge in [-0.05, 0) is 42.0 Å². The molecule has 1 aromatic carbocycles. The summed E-state index contributed by atoms with van der Waals surface area (Å²) in [6.45, 7) is 1.98. The summed E-state index contributed by atoms with van der Waals surface area (Å²) in [6.07, 6.45) is 7.85. The van der Waals surface area contributed by atoms with Crippen molar-refractivity contribution < 1.29 is 14.3 Å². The quantitative estimate of drug-likeness (QED) is 0.390. The summed E-state index contributed by atoms with van der Waals surface area (Å²) in [4.78, 5) is 16.0. The minimum Gasteiger partial charge on any atom is -0.496 e. The molecule has 0 N–H and O–H groups in total. The lowest BCUT2D eigenvalue weighted by molar-refractivity contribution is -0.131. The molecule has 4 heterocycles. The highest BCUT2D eigenvalue weighted by atomic mass is 16.5. The fourth-order valence-electron chi connectivity index (χ4n) is 3.31. The number of esters is 1. The third-order valence-electron chi connectivity index (χ3n) is 4.42. The van der Waals surface area contributed by atoms with Gasteiger partial charge in [0.1, 0.15) is 12.4 Å². The number of benzene rings is 1. The predicted octanol–water partition coefficient (Wildman–Crippen LogP) is 4.07. The lowest BCUT2D eigenvalue weighted by Gasteiger charge is -2.12. The predicted molar refractivity (Wildman–Crippen MR) is 95.3 cm³/mol. The zero-order valence-electron chi connectivity index (χ0n) is 13.5. The molecular weight excluding hydrogens is 316 g/mol. The van der Waals surface area contributed by atoms with Gasteiger partial charge in [-0.1, -0.05) is 0 Å². The molecule has 1 aliphatic heterocycles. The molecule has 5 heteroatoms. The van der Waals surface area contributed by atoms with Crippen LogP contribution in [-0.4, -0.2) is 15.4 Å². The average Bonchev–Trinajstić information content (AvgIpc) is 2.93. The van der Waals surface area contributed by atoms with Crippen molar-refractivity contribution in [2.24, 2.45) is 0 Å². The van der Waals surface area contributed by atoms with Gasteiger partial charge in [0, 0.05) is 35.7 Å². The highest BCUT2D eigenvalue weighted by Crippen LogP contribution is 2.29. The van der Waals surface area contributed by atoms with Crippen LogP contribution in [0.1, 0.15) is 18.1 Å². The van der Waals surface area contributed by atoms with E-state index >= 15 is 0 Å². The fourth-order valence-corrected chi connectivity index (χ4v) is 3.31. The van der Waals surface area contributed by atoms with E-state index in [1.165, 1.54) is 6.92 Å². The summed E-state index contributed by atoms with van der Waals surface area (Å²) in [7, 11) is 0. The summed E-state index contributed by atoms with van der Waals surface area (Å²) in [5, 5.41) is 1.98. The van der Waals surface area contributed by atoms with E-state index in [0.29, 0.717) is 12.4 Å². The van der Waals surface area contributed by atoms with Crippen LogP contribution < -0.4 is 4.74 Å². The molecule has 0 aliphatic carbocycles. The molecule has 1 aliphatic rings. The largest absolute Gasteiger partial charge is 0.496 e. The van der Waals surface area contributed by atoms with E-state index in [9.17, 15) is 4.79 Å². The summed E-state index contributed by atoms with van der Waals surface area (Å²) in [5.41, 5.74) is 5.19. The van der Waals surface area contributed by atoms with Crippen molar-refractivity contribution in [2.45, 2.75) is 13.5 Å². The number of fused-ring (bicyclic) bond motifs is 5. The lowest BCUT2D eigenvalue weighted by Crippen LogP contribution is -2.01. The fraction of sp³-hybridized carbons (Fsp3) is 0.100. The Morgan fingerprint density at radius 1 is 1.20 bits per heavy atom. The van der Waals surface area contributed by atoms with E-state index < -0.39 is 0 Å². The Morgan fingerprint density at radius 3 is 3.00 bits per heavy atom. The van der Waals surface area contributed by atoms with Crippen molar-refractivity contribution in [3.63, 3.8) is 0 Å². The minimum absolute atomic E-state index is 0.330. The topological polar surface area (TPSA) is 52.8 Å². The molecule has 0 saturated carbocycles. The van der Waals surface area contributed by atoms with Gasteiger partial charge >= 0.3 is 5.97 Å². The lowest BCUT2D eigenvalue weighted by atomic mass is 10.1. The Balaban J connectivity index is 1.76. The number of carbonyl (C=O) groups is 1. The summed E-state index contributed by atoms with van der Waals surface area (Å²) >= 11 is 0. The summed E-state index contributed by atoms with van der Waals surface area (Å²) in [5.74, 6) is 0.200. The van der Waals surface area contributed by atoms with E-state index in [-0.39, 0.29) is 5.97 Å². The molecule has 0 spiro atoms. The van der Waals surface area contributed by atoms with Crippen LogP contribution in [0.25, 0.3) is 33.4 Å². The van der Waals surface area contributed by atoms with Crippen molar-refractivity contribution in [1.82, 2.24) is 9.38 Å². The van der Waals surface area contributed by atoms with Crippen LogP contribution in [-0.2, 0) is 16.1 Å².